The van der Waals surface area contributed by atoms with E-state index in [9.17, 15) is 4.39 Å². The van der Waals surface area contributed by atoms with Crippen molar-refractivity contribution in [2.24, 2.45) is 0 Å². The van der Waals surface area contributed by atoms with Crippen molar-refractivity contribution in [3.63, 3.8) is 0 Å². The number of rotatable bonds is 5. The Hall–Kier alpha value is -1.75. The van der Waals surface area contributed by atoms with E-state index in [-0.39, 0.29) is 5.82 Å². The molecule has 2 N–H and O–H groups in total. The van der Waals surface area contributed by atoms with Crippen LogP contribution in [0, 0.1) is 5.82 Å². The third-order valence-electron chi connectivity index (χ3n) is 2.45. The Balaban J connectivity index is 2.21. The van der Waals surface area contributed by atoms with Crippen LogP contribution in [0.1, 0.15) is 13.3 Å². The zero-order chi connectivity index (χ0) is 14.5. The molecule has 5 heteroatoms. The van der Waals surface area contributed by atoms with Crippen LogP contribution < -0.4 is 15.2 Å². The number of nitrogen functional groups attached to an aromatic ring is 1. The van der Waals surface area contributed by atoms with Gasteiger partial charge in [-0.15, -0.1) is 0 Å². The van der Waals surface area contributed by atoms with E-state index in [1.807, 2.05) is 6.92 Å². The summed E-state index contributed by atoms with van der Waals surface area (Å²) in [5.74, 6) is 1.16. The lowest BCUT2D eigenvalue weighted by molar-refractivity contribution is 0.316. The van der Waals surface area contributed by atoms with Gasteiger partial charge in [-0.2, -0.15) is 0 Å². The molecule has 0 saturated heterocycles. The second-order valence-electron chi connectivity index (χ2n) is 4.29. The van der Waals surface area contributed by atoms with E-state index in [0.717, 1.165) is 6.42 Å². The Bertz CT molecular complexity index is 584. The highest BCUT2D eigenvalue weighted by Crippen LogP contribution is 2.30. The van der Waals surface area contributed by atoms with Gasteiger partial charge >= 0.3 is 0 Å². The van der Waals surface area contributed by atoms with Crippen LogP contribution in [0.5, 0.6) is 17.2 Å². The van der Waals surface area contributed by atoms with Gasteiger partial charge in [0.2, 0.25) is 0 Å². The number of halogens is 2. The first kappa shape index (κ1) is 14.7. The first-order valence-electron chi connectivity index (χ1n) is 6.24. The molecule has 106 valence electrons. The summed E-state index contributed by atoms with van der Waals surface area (Å²) in [6, 6.07) is 9.47. The highest BCUT2D eigenvalue weighted by Gasteiger charge is 2.05. The molecule has 0 amide bonds. The summed E-state index contributed by atoms with van der Waals surface area (Å²) < 4.78 is 25.0. The molecule has 20 heavy (non-hydrogen) atoms. The lowest BCUT2D eigenvalue weighted by Gasteiger charge is -2.10. The van der Waals surface area contributed by atoms with Gasteiger partial charge in [0.05, 0.1) is 6.61 Å². The smallest absolute Gasteiger partial charge is 0.133 e. The summed E-state index contributed by atoms with van der Waals surface area (Å²) in [7, 11) is 0. The van der Waals surface area contributed by atoms with Crippen molar-refractivity contribution in [1.29, 1.82) is 0 Å². The molecule has 0 heterocycles. The molecule has 0 aliphatic rings. The molecule has 0 atom stereocenters. The fourth-order valence-corrected chi connectivity index (χ4v) is 2.12. The van der Waals surface area contributed by atoms with Crippen molar-refractivity contribution in [3.8, 4) is 17.2 Å². The summed E-state index contributed by atoms with van der Waals surface area (Å²) in [4.78, 5) is 0. The molecule has 0 radical (unpaired) electrons. The van der Waals surface area contributed by atoms with E-state index >= 15 is 0 Å². The number of hydrogen-bond acceptors (Lipinski definition) is 3. The molecule has 0 unspecified atom stereocenters. The van der Waals surface area contributed by atoms with Gasteiger partial charge in [0.15, 0.2) is 0 Å². The predicted octanol–water partition coefficient (Wildman–Crippen LogP) is 4.75. The molecule has 3 nitrogen and oxygen atoms in total. The van der Waals surface area contributed by atoms with Crippen LogP contribution in [0.15, 0.2) is 40.9 Å². The van der Waals surface area contributed by atoms with Crippen LogP contribution in [0.4, 0.5) is 10.1 Å². The monoisotopic (exact) mass is 339 g/mol. The van der Waals surface area contributed by atoms with Crippen molar-refractivity contribution in [2.45, 2.75) is 13.3 Å². The fourth-order valence-electron chi connectivity index (χ4n) is 1.68. The Labute approximate surface area is 125 Å². The van der Waals surface area contributed by atoms with E-state index in [2.05, 4.69) is 15.9 Å². The molecule has 0 fully saturated rings. The highest BCUT2D eigenvalue weighted by molar-refractivity contribution is 9.10. The van der Waals surface area contributed by atoms with E-state index in [4.69, 9.17) is 15.2 Å². The lowest BCUT2D eigenvalue weighted by atomic mass is 10.2. The number of anilines is 1. The van der Waals surface area contributed by atoms with Gasteiger partial charge in [0, 0.05) is 34.4 Å². The maximum absolute atomic E-state index is 13.3. The summed E-state index contributed by atoms with van der Waals surface area (Å²) >= 11 is 3.22. The second kappa shape index (κ2) is 6.61. The van der Waals surface area contributed by atoms with Gasteiger partial charge < -0.3 is 15.2 Å². The van der Waals surface area contributed by atoms with Gasteiger partial charge in [-0.25, -0.2) is 4.39 Å². The minimum atomic E-state index is -0.374. The first-order chi connectivity index (χ1) is 9.56. The van der Waals surface area contributed by atoms with Gasteiger partial charge in [-0.1, -0.05) is 22.9 Å². The quantitative estimate of drug-likeness (QED) is 0.799. The molecule has 0 spiro atoms. The third kappa shape index (κ3) is 4.13. The highest BCUT2D eigenvalue weighted by atomic mass is 79.9. The van der Waals surface area contributed by atoms with E-state index in [1.165, 1.54) is 12.1 Å². The third-order valence-corrected chi connectivity index (χ3v) is 2.90. The maximum Gasteiger partial charge on any atom is 0.133 e. The average Bonchev–Trinajstić information content (AvgIpc) is 2.34. The Morgan fingerprint density at radius 2 is 1.75 bits per heavy atom. The SMILES string of the molecule is CCCOc1cc(N)cc(Oc2cc(F)cc(Br)c2)c1. The number of benzene rings is 2. The summed E-state index contributed by atoms with van der Waals surface area (Å²) in [5.41, 5.74) is 6.33. The number of ether oxygens (including phenoxy) is 2. The molecule has 2 aromatic rings. The Morgan fingerprint density at radius 3 is 2.45 bits per heavy atom. The molecule has 2 aromatic carbocycles. The summed E-state index contributed by atoms with van der Waals surface area (Å²) in [6.07, 6.45) is 0.905. The normalized spacial score (nSPS) is 10.3. The van der Waals surface area contributed by atoms with Gasteiger partial charge in [-0.3, -0.25) is 0 Å². The van der Waals surface area contributed by atoms with E-state index in [1.54, 1.807) is 24.3 Å². The van der Waals surface area contributed by atoms with Crippen LogP contribution in [-0.2, 0) is 0 Å². The van der Waals surface area contributed by atoms with E-state index < -0.39 is 0 Å². The van der Waals surface area contributed by atoms with Crippen LogP contribution >= 0.6 is 15.9 Å². The molecule has 0 saturated carbocycles. The largest absolute Gasteiger partial charge is 0.493 e. The molecular weight excluding hydrogens is 325 g/mol. The Morgan fingerprint density at radius 1 is 1.05 bits per heavy atom. The van der Waals surface area contributed by atoms with Crippen molar-refractivity contribution in [2.75, 3.05) is 12.3 Å². The standard InChI is InChI=1S/C15H15BrFNO2/c1-2-3-19-13-7-12(18)8-15(9-13)20-14-5-10(16)4-11(17)6-14/h4-9H,2-3,18H2,1H3. The summed E-state index contributed by atoms with van der Waals surface area (Å²) in [6.45, 7) is 2.63. The van der Waals surface area contributed by atoms with Crippen molar-refractivity contribution in [3.05, 3.63) is 46.7 Å². The average molecular weight is 340 g/mol. The number of hydrogen-bond donors (Lipinski definition) is 1. The van der Waals surface area contributed by atoms with Crippen LogP contribution in [0.2, 0.25) is 0 Å². The molecule has 0 aliphatic heterocycles. The zero-order valence-electron chi connectivity index (χ0n) is 11.0. The summed E-state index contributed by atoms with van der Waals surface area (Å²) in [5, 5.41) is 0. The van der Waals surface area contributed by atoms with Gasteiger partial charge in [0.25, 0.3) is 0 Å². The van der Waals surface area contributed by atoms with E-state index in [0.29, 0.717) is 34.0 Å². The number of nitrogens with two attached hydrogens (primary N) is 1. The predicted molar refractivity (Wildman–Crippen MR) is 80.8 cm³/mol. The van der Waals surface area contributed by atoms with Gasteiger partial charge in [0.1, 0.15) is 23.1 Å². The molecular formula is C15H15BrFNO2. The lowest BCUT2D eigenvalue weighted by Crippen LogP contribution is -1.97. The molecule has 2 rings (SSSR count). The Kier molecular flexibility index (Phi) is 4.84. The minimum Gasteiger partial charge on any atom is -0.493 e. The van der Waals surface area contributed by atoms with Crippen molar-refractivity contribution in [1.82, 2.24) is 0 Å². The fraction of sp³-hybridized carbons (Fsp3) is 0.200. The second-order valence-corrected chi connectivity index (χ2v) is 5.21. The van der Waals surface area contributed by atoms with Crippen LogP contribution in [-0.4, -0.2) is 6.61 Å². The minimum absolute atomic E-state index is 0.374. The van der Waals surface area contributed by atoms with Gasteiger partial charge in [-0.05, 0) is 18.6 Å². The maximum atomic E-state index is 13.3. The molecule has 0 aliphatic carbocycles. The molecule has 0 bridgehead atoms. The first-order valence-corrected chi connectivity index (χ1v) is 7.03. The molecule has 0 aromatic heterocycles. The van der Waals surface area contributed by atoms with Crippen LogP contribution in [0.25, 0.3) is 0 Å². The van der Waals surface area contributed by atoms with Crippen LogP contribution in [0.3, 0.4) is 0 Å². The van der Waals surface area contributed by atoms with Crippen molar-refractivity contribution < 1.29 is 13.9 Å². The van der Waals surface area contributed by atoms with Crippen molar-refractivity contribution >= 4 is 21.6 Å². The zero-order valence-corrected chi connectivity index (χ0v) is 12.6. The topological polar surface area (TPSA) is 44.5 Å².